The van der Waals surface area contributed by atoms with Crippen LogP contribution >= 0.6 is 0 Å². The third-order valence-corrected chi connectivity index (χ3v) is 9.38. The van der Waals surface area contributed by atoms with Gasteiger partial charge in [-0.3, -0.25) is 0 Å². The molecule has 0 bridgehead atoms. The number of carbonyl (C=O) groups excluding carboxylic acids is 2. The molecule has 0 radical (unpaired) electrons. The largest absolute Gasteiger partial charge is 0.459 e. The SMILES string of the molecule is CC1(C)CC(OC(=O)c2ccc3cccc(-c4ccc5cccc(C(=O)OC6CC(C)(C)NC(C)(C)C6)c5c4)c3c2)CC(C)(C)N1. The van der Waals surface area contributed by atoms with Gasteiger partial charge in [-0.1, -0.05) is 48.5 Å². The van der Waals surface area contributed by atoms with Gasteiger partial charge in [0.1, 0.15) is 12.2 Å². The fourth-order valence-electron chi connectivity index (χ4n) is 8.33. The van der Waals surface area contributed by atoms with E-state index in [1.807, 2.05) is 42.5 Å². The number of nitrogens with one attached hydrogen (secondary N) is 2. The molecule has 2 N–H and O–H groups in total. The predicted molar refractivity (Wildman–Crippen MR) is 186 cm³/mol. The van der Waals surface area contributed by atoms with Gasteiger partial charge in [-0.2, -0.15) is 0 Å². The Morgan fingerprint density at radius 2 is 1.09 bits per heavy atom. The Kier molecular flexibility index (Phi) is 8.05. The Morgan fingerprint density at radius 1 is 0.587 bits per heavy atom. The second-order valence-electron chi connectivity index (χ2n) is 16.1. The van der Waals surface area contributed by atoms with E-state index in [4.69, 9.17) is 9.47 Å². The average molecular weight is 621 g/mol. The Bertz CT molecular complexity index is 1790. The Morgan fingerprint density at radius 3 is 1.67 bits per heavy atom. The summed E-state index contributed by atoms with van der Waals surface area (Å²) in [7, 11) is 0. The van der Waals surface area contributed by atoms with Crippen LogP contribution in [0.1, 0.15) is 102 Å². The lowest BCUT2D eigenvalue weighted by molar-refractivity contribution is -0.00756. The van der Waals surface area contributed by atoms with E-state index in [0.29, 0.717) is 11.1 Å². The minimum Gasteiger partial charge on any atom is -0.459 e. The van der Waals surface area contributed by atoms with Gasteiger partial charge in [0.15, 0.2) is 0 Å². The van der Waals surface area contributed by atoms with Gasteiger partial charge in [0.25, 0.3) is 0 Å². The van der Waals surface area contributed by atoms with Gasteiger partial charge >= 0.3 is 11.9 Å². The summed E-state index contributed by atoms with van der Waals surface area (Å²) in [5, 5.41) is 11.1. The molecule has 6 rings (SSSR count). The number of benzene rings is 4. The summed E-state index contributed by atoms with van der Waals surface area (Å²) in [5.41, 5.74) is 2.56. The molecular formula is C40H48N2O4. The molecule has 2 fully saturated rings. The molecule has 6 nitrogen and oxygen atoms in total. The summed E-state index contributed by atoms with van der Waals surface area (Å²) in [4.78, 5) is 27.1. The molecule has 2 saturated heterocycles. The van der Waals surface area contributed by atoms with Crippen LogP contribution in [0.3, 0.4) is 0 Å². The monoisotopic (exact) mass is 620 g/mol. The van der Waals surface area contributed by atoms with Gasteiger partial charge < -0.3 is 20.1 Å². The molecule has 46 heavy (non-hydrogen) atoms. The highest BCUT2D eigenvalue weighted by Crippen LogP contribution is 2.35. The fourth-order valence-corrected chi connectivity index (χ4v) is 8.33. The first-order chi connectivity index (χ1) is 21.5. The zero-order chi connectivity index (χ0) is 33.1. The Hall–Kier alpha value is -3.74. The molecule has 4 aromatic carbocycles. The van der Waals surface area contributed by atoms with Crippen LogP contribution in [0, 0.1) is 0 Å². The van der Waals surface area contributed by atoms with E-state index >= 15 is 0 Å². The third-order valence-electron chi connectivity index (χ3n) is 9.38. The van der Waals surface area contributed by atoms with E-state index in [1.54, 1.807) is 0 Å². The molecule has 0 amide bonds. The summed E-state index contributed by atoms with van der Waals surface area (Å²) >= 11 is 0. The van der Waals surface area contributed by atoms with Crippen molar-refractivity contribution in [1.82, 2.24) is 10.6 Å². The number of ether oxygens (including phenoxy) is 2. The first-order valence-electron chi connectivity index (χ1n) is 16.5. The van der Waals surface area contributed by atoms with Gasteiger partial charge in [-0.15, -0.1) is 0 Å². The summed E-state index contributed by atoms with van der Waals surface area (Å²) in [6.07, 6.45) is 2.70. The van der Waals surface area contributed by atoms with Gasteiger partial charge in [0, 0.05) is 47.8 Å². The highest BCUT2D eigenvalue weighted by molar-refractivity contribution is 6.07. The first-order valence-corrected chi connectivity index (χ1v) is 16.5. The van der Waals surface area contributed by atoms with E-state index < -0.39 is 0 Å². The molecule has 0 aromatic heterocycles. The lowest BCUT2D eigenvalue weighted by atomic mass is 9.81. The molecule has 0 unspecified atom stereocenters. The second kappa shape index (κ2) is 11.5. The highest BCUT2D eigenvalue weighted by Gasteiger charge is 2.40. The number of fused-ring (bicyclic) bond motifs is 2. The minimum absolute atomic E-state index is 0.120. The van der Waals surface area contributed by atoms with Gasteiger partial charge in [0.2, 0.25) is 0 Å². The number of hydrogen-bond acceptors (Lipinski definition) is 6. The summed E-state index contributed by atoms with van der Waals surface area (Å²) in [5.74, 6) is -0.600. The number of rotatable bonds is 5. The van der Waals surface area contributed by atoms with Crippen LogP contribution in [-0.4, -0.2) is 46.3 Å². The van der Waals surface area contributed by atoms with E-state index in [2.05, 4.69) is 96.4 Å². The van der Waals surface area contributed by atoms with E-state index in [9.17, 15) is 9.59 Å². The van der Waals surface area contributed by atoms with Crippen LogP contribution in [0.4, 0.5) is 0 Å². The van der Waals surface area contributed by atoms with Crippen LogP contribution in [0.25, 0.3) is 32.7 Å². The molecule has 0 aliphatic carbocycles. The lowest BCUT2D eigenvalue weighted by Crippen LogP contribution is -2.59. The van der Waals surface area contributed by atoms with Crippen LogP contribution in [0.2, 0.25) is 0 Å². The van der Waals surface area contributed by atoms with Crippen molar-refractivity contribution < 1.29 is 19.1 Å². The molecule has 0 saturated carbocycles. The Balaban J connectivity index is 1.30. The van der Waals surface area contributed by atoms with Gasteiger partial charge in [-0.05, 0) is 112 Å². The maximum atomic E-state index is 13.7. The smallest absolute Gasteiger partial charge is 0.339 e. The van der Waals surface area contributed by atoms with Crippen LogP contribution in [0.5, 0.6) is 0 Å². The molecule has 6 heteroatoms. The van der Waals surface area contributed by atoms with Gasteiger partial charge in [-0.25, -0.2) is 9.59 Å². The fraction of sp³-hybridized carbons (Fsp3) is 0.450. The second-order valence-corrected chi connectivity index (χ2v) is 16.1. The number of hydrogen-bond donors (Lipinski definition) is 2. The molecule has 2 heterocycles. The molecule has 0 spiro atoms. The van der Waals surface area contributed by atoms with Crippen molar-refractivity contribution in [3.05, 3.63) is 83.9 Å². The normalized spacial score (nSPS) is 20.8. The van der Waals surface area contributed by atoms with Crippen molar-refractivity contribution >= 4 is 33.5 Å². The minimum atomic E-state index is -0.303. The topological polar surface area (TPSA) is 76.7 Å². The van der Waals surface area contributed by atoms with E-state index in [0.717, 1.165) is 58.4 Å². The summed E-state index contributed by atoms with van der Waals surface area (Å²) in [6, 6.07) is 23.9. The van der Waals surface area contributed by atoms with Crippen molar-refractivity contribution in [2.24, 2.45) is 0 Å². The molecule has 2 aliphatic rings. The highest BCUT2D eigenvalue weighted by atomic mass is 16.5. The number of carbonyl (C=O) groups is 2. The standard InChI is InChI=1S/C40H48N2O4/c1-37(2)21-29(22-38(3,4)41-37)45-35(43)28-18-16-25-11-9-13-31(33(25)20-28)27-17-15-26-12-10-14-32(34(26)19-27)36(44)46-30-23-39(5,6)42-40(7,8)24-30/h9-20,29-30,41-42H,21-24H2,1-8H3. The van der Waals surface area contributed by atoms with Crippen molar-refractivity contribution in [2.75, 3.05) is 0 Å². The zero-order valence-electron chi connectivity index (χ0n) is 28.5. The van der Waals surface area contributed by atoms with Crippen molar-refractivity contribution in [3.8, 4) is 11.1 Å². The first kappa shape index (κ1) is 32.2. The summed E-state index contributed by atoms with van der Waals surface area (Å²) in [6.45, 7) is 17.2. The average Bonchev–Trinajstić information content (AvgIpc) is 2.92. The van der Waals surface area contributed by atoms with Crippen LogP contribution in [-0.2, 0) is 9.47 Å². The van der Waals surface area contributed by atoms with Crippen LogP contribution < -0.4 is 10.6 Å². The zero-order valence-corrected chi connectivity index (χ0v) is 28.5. The maximum Gasteiger partial charge on any atom is 0.339 e. The van der Waals surface area contributed by atoms with Gasteiger partial charge in [0.05, 0.1) is 11.1 Å². The molecule has 4 aromatic rings. The van der Waals surface area contributed by atoms with Crippen LogP contribution in [0.15, 0.2) is 72.8 Å². The van der Waals surface area contributed by atoms with Crippen molar-refractivity contribution in [2.45, 2.75) is 115 Å². The van der Waals surface area contributed by atoms with Crippen molar-refractivity contribution in [1.29, 1.82) is 0 Å². The third kappa shape index (κ3) is 6.98. The predicted octanol–water partition coefficient (Wildman–Crippen LogP) is 8.59. The van der Waals surface area contributed by atoms with E-state index in [-0.39, 0.29) is 46.3 Å². The lowest BCUT2D eigenvalue weighted by Gasteiger charge is -2.45. The van der Waals surface area contributed by atoms with Crippen molar-refractivity contribution in [3.63, 3.8) is 0 Å². The molecular weight excluding hydrogens is 572 g/mol. The number of esters is 2. The summed E-state index contributed by atoms with van der Waals surface area (Å²) < 4.78 is 12.3. The quantitative estimate of drug-likeness (QED) is 0.218. The molecule has 0 atom stereocenters. The Labute approximate surface area is 273 Å². The number of piperidine rings is 2. The van der Waals surface area contributed by atoms with E-state index in [1.165, 1.54) is 0 Å². The maximum absolute atomic E-state index is 13.7. The molecule has 242 valence electrons. The molecule has 2 aliphatic heterocycles.